The minimum Gasteiger partial charge on any atom is -0.496 e. The van der Waals surface area contributed by atoms with Gasteiger partial charge in [0.2, 0.25) is 5.91 Å². The quantitative estimate of drug-likeness (QED) is 0.208. The monoisotopic (exact) mass is 540 g/mol. The number of rotatable bonds is 12. The molecule has 0 bridgehead atoms. The van der Waals surface area contributed by atoms with Crippen LogP contribution in [-0.4, -0.2) is 74.9 Å². The second-order valence-electron chi connectivity index (χ2n) is 10.1. The van der Waals surface area contributed by atoms with Gasteiger partial charge in [-0.1, -0.05) is 11.6 Å². The van der Waals surface area contributed by atoms with Crippen LogP contribution >= 0.6 is 11.6 Å². The van der Waals surface area contributed by atoms with E-state index in [1.807, 2.05) is 20.8 Å². The smallest absolute Gasteiger partial charge is 0.407 e. The van der Waals surface area contributed by atoms with Crippen LogP contribution in [0.2, 0.25) is 5.02 Å². The van der Waals surface area contributed by atoms with Gasteiger partial charge in [-0.25, -0.2) is 9.59 Å². The second-order valence-corrected chi connectivity index (χ2v) is 10.5. The molecule has 1 heterocycles. The average Bonchev–Trinajstić information content (AvgIpc) is 2.83. The van der Waals surface area contributed by atoms with Crippen LogP contribution in [0, 0.1) is 5.92 Å². The van der Waals surface area contributed by atoms with Gasteiger partial charge in [-0.3, -0.25) is 9.69 Å². The summed E-state index contributed by atoms with van der Waals surface area (Å²) in [5, 5.41) is 6.03. The maximum atomic E-state index is 12.5. The van der Waals surface area contributed by atoms with Crippen LogP contribution in [0.4, 0.5) is 10.5 Å². The molecule has 1 aromatic rings. The van der Waals surface area contributed by atoms with Crippen LogP contribution in [0.1, 0.15) is 63.2 Å². The van der Waals surface area contributed by atoms with Crippen molar-refractivity contribution in [2.24, 2.45) is 5.92 Å². The molecule has 0 unspecified atom stereocenters. The Hall–Kier alpha value is -2.72. The minimum atomic E-state index is -0.520. The molecular formula is C26H41ClN4O6. The number of likely N-dealkylation sites (tertiary alicyclic amines) is 1. The Labute approximate surface area is 224 Å². The maximum Gasteiger partial charge on any atom is 0.407 e. The van der Waals surface area contributed by atoms with Crippen molar-refractivity contribution < 1.29 is 28.6 Å². The van der Waals surface area contributed by atoms with Crippen LogP contribution in [0.25, 0.3) is 0 Å². The van der Waals surface area contributed by atoms with E-state index < -0.39 is 17.7 Å². The number of methoxy groups -OCH3 is 1. The summed E-state index contributed by atoms with van der Waals surface area (Å²) in [4.78, 5) is 38.7. The molecule has 1 aliphatic rings. The molecule has 0 aliphatic carbocycles. The molecule has 208 valence electrons. The number of benzene rings is 1. The third kappa shape index (κ3) is 11.1. The molecule has 0 atom stereocenters. The fourth-order valence-electron chi connectivity index (χ4n) is 3.95. The van der Waals surface area contributed by atoms with Gasteiger partial charge in [0.1, 0.15) is 23.5 Å². The summed E-state index contributed by atoms with van der Waals surface area (Å²) in [5.41, 5.74) is 5.82. The van der Waals surface area contributed by atoms with Crippen LogP contribution in [0.15, 0.2) is 12.1 Å². The van der Waals surface area contributed by atoms with Crippen LogP contribution in [-0.2, 0) is 14.3 Å². The number of nitrogens with two attached hydrogens (primary N) is 1. The molecule has 2 rings (SSSR count). The second kappa shape index (κ2) is 14.9. The van der Waals surface area contributed by atoms with Crippen molar-refractivity contribution in [1.29, 1.82) is 0 Å². The molecule has 0 spiro atoms. The Morgan fingerprint density at radius 2 is 1.73 bits per heavy atom. The van der Waals surface area contributed by atoms with E-state index in [-0.39, 0.29) is 29.0 Å². The highest BCUT2D eigenvalue weighted by Crippen LogP contribution is 2.29. The zero-order chi connectivity index (χ0) is 27.4. The van der Waals surface area contributed by atoms with Crippen molar-refractivity contribution in [3.05, 3.63) is 22.7 Å². The highest BCUT2D eigenvalue weighted by molar-refractivity contribution is 6.33. The SMILES string of the molecule is COc1cc(N)c(Cl)cc1C(=O)OCCN1CCC(C(=O)NCCCCCNC(=O)OC(C)(C)C)CC1. The third-order valence-electron chi connectivity index (χ3n) is 5.96. The Morgan fingerprint density at radius 3 is 2.35 bits per heavy atom. The van der Waals surface area contributed by atoms with Crippen LogP contribution in [0.3, 0.4) is 0 Å². The van der Waals surface area contributed by atoms with Crippen LogP contribution < -0.4 is 21.1 Å². The van der Waals surface area contributed by atoms with Gasteiger partial charge in [0.05, 0.1) is 17.8 Å². The molecule has 4 N–H and O–H groups in total. The number of alkyl carbamates (subject to hydrolysis) is 1. The Balaban J connectivity index is 1.56. The lowest BCUT2D eigenvalue weighted by Crippen LogP contribution is -2.41. The lowest BCUT2D eigenvalue weighted by Gasteiger charge is -2.31. The molecular weight excluding hydrogens is 500 g/mol. The molecule has 0 saturated carbocycles. The molecule has 2 amide bonds. The number of nitrogens with zero attached hydrogens (tertiary/aromatic N) is 1. The number of carbonyl (C=O) groups excluding carboxylic acids is 3. The Morgan fingerprint density at radius 1 is 1.08 bits per heavy atom. The molecule has 1 aromatic carbocycles. The fraction of sp³-hybridized carbons (Fsp3) is 0.654. The van der Waals surface area contributed by atoms with Gasteiger partial charge in [0, 0.05) is 31.6 Å². The number of halogens is 1. The molecule has 1 fully saturated rings. The Bertz CT molecular complexity index is 913. The summed E-state index contributed by atoms with van der Waals surface area (Å²) in [5.74, 6) is -0.121. The van der Waals surface area contributed by atoms with E-state index in [1.54, 1.807) is 0 Å². The first-order chi connectivity index (χ1) is 17.5. The lowest BCUT2D eigenvalue weighted by molar-refractivity contribution is -0.126. The largest absolute Gasteiger partial charge is 0.496 e. The fourth-order valence-corrected chi connectivity index (χ4v) is 4.11. The van der Waals surface area contributed by atoms with Gasteiger partial charge in [-0.05, 0) is 72.0 Å². The lowest BCUT2D eigenvalue weighted by atomic mass is 9.96. The molecule has 11 heteroatoms. The van der Waals surface area contributed by atoms with Crippen molar-refractivity contribution >= 4 is 35.3 Å². The van der Waals surface area contributed by atoms with Gasteiger partial charge in [-0.2, -0.15) is 0 Å². The molecule has 1 aliphatic heterocycles. The first-order valence-electron chi connectivity index (χ1n) is 12.8. The van der Waals surface area contributed by atoms with E-state index in [0.717, 1.165) is 45.2 Å². The molecule has 10 nitrogen and oxygen atoms in total. The standard InChI is InChI=1S/C26H41ClN4O6/c1-26(2,3)37-25(34)30-11-7-5-6-10-29-23(32)18-8-12-31(13-9-18)14-15-36-24(33)19-16-20(27)21(28)17-22(19)35-4/h16-18H,5-15,28H2,1-4H3,(H,29,32)(H,30,34). The number of unbranched alkanes of at least 4 members (excludes halogenated alkanes) is 2. The average molecular weight is 541 g/mol. The molecule has 0 radical (unpaired) electrons. The maximum absolute atomic E-state index is 12.5. The summed E-state index contributed by atoms with van der Waals surface area (Å²) >= 11 is 6.02. The zero-order valence-electron chi connectivity index (χ0n) is 22.4. The predicted molar refractivity (Wildman–Crippen MR) is 143 cm³/mol. The number of anilines is 1. The van der Waals surface area contributed by atoms with E-state index >= 15 is 0 Å². The van der Waals surface area contributed by atoms with E-state index in [0.29, 0.717) is 31.1 Å². The van der Waals surface area contributed by atoms with E-state index in [1.165, 1.54) is 19.2 Å². The first-order valence-corrected chi connectivity index (χ1v) is 13.1. The van der Waals surface area contributed by atoms with Gasteiger partial charge < -0.3 is 30.6 Å². The number of piperidine rings is 1. The summed E-state index contributed by atoms with van der Waals surface area (Å²) in [7, 11) is 1.45. The molecule has 1 saturated heterocycles. The van der Waals surface area contributed by atoms with Gasteiger partial charge in [0.25, 0.3) is 0 Å². The van der Waals surface area contributed by atoms with E-state index in [9.17, 15) is 14.4 Å². The van der Waals surface area contributed by atoms with Gasteiger partial charge in [-0.15, -0.1) is 0 Å². The van der Waals surface area contributed by atoms with Crippen molar-refractivity contribution in [2.75, 3.05) is 52.2 Å². The summed E-state index contributed by atoms with van der Waals surface area (Å²) in [6.07, 6.45) is 3.72. The van der Waals surface area contributed by atoms with E-state index in [4.69, 9.17) is 31.5 Å². The summed E-state index contributed by atoms with van der Waals surface area (Å²) in [6, 6.07) is 2.95. The van der Waals surface area contributed by atoms with Crippen molar-refractivity contribution in [1.82, 2.24) is 15.5 Å². The number of hydrogen-bond acceptors (Lipinski definition) is 8. The number of hydrogen-bond donors (Lipinski definition) is 3. The highest BCUT2D eigenvalue weighted by Gasteiger charge is 2.25. The third-order valence-corrected chi connectivity index (χ3v) is 6.29. The van der Waals surface area contributed by atoms with Gasteiger partial charge >= 0.3 is 12.1 Å². The highest BCUT2D eigenvalue weighted by atomic mass is 35.5. The topological polar surface area (TPSA) is 132 Å². The van der Waals surface area contributed by atoms with Gasteiger partial charge in [0.15, 0.2) is 0 Å². The van der Waals surface area contributed by atoms with E-state index in [2.05, 4.69) is 15.5 Å². The zero-order valence-corrected chi connectivity index (χ0v) is 23.1. The first kappa shape index (κ1) is 30.5. The molecule has 37 heavy (non-hydrogen) atoms. The minimum absolute atomic E-state index is 0.00573. The van der Waals surface area contributed by atoms with Crippen molar-refractivity contribution in [3.8, 4) is 5.75 Å². The summed E-state index contributed by atoms with van der Waals surface area (Å²) < 4.78 is 15.8. The number of amides is 2. The number of ether oxygens (including phenoxy) is 3. The predicted octanol–water partition coefficient (Wildman–Crippen LogP) is 3.61. The van der Waals surface area contributed by atoms with Crippen LogP contribution in [0.5, 0.6) is 5.75 Å². The number of carbonyl (C=O) groups is 3. The van der Waals surface area contributed by atoms with Crippen molar-refractivity contribution in [2.45, 2.75) is 58.5 Å². The molecule has 0 aromatic heterocycles. The summed E-state index contributed by atoms with van der Waals surface area (Å²) in [6.45, 7) is 9.01. The Kier molecular flexibility index (Phi) is 12.3. The number of esters is 1. The normalized spacial score (nSPS) is 14.6. The van der Waals surface area contributed by atoms with Crippen molar-refractivity contribution in [3.63, 3.8) is 0 Å². The number of nitrogen functional groups attached to an aromatic ring is 1. The number of nitrogens with one attached hydrogen (secondary N) is 2.